The number of halogens is 1. The zero-order valence-corrected chi connectivity index (χ0v) is 12.3. The van der Waals surface area contributed by atoms with E-state index in [4.69, 9.17) is 5.73 Å². The maximum absolute atomic E-state index is 11.6. The van der Waals surface area contributed by atoms with Crippen LogP contribution in [-0.2, 0) is 0 Å². The molecule has 2 saturated heterocycles. The van der Waals surface area contributed by atoms with Gasteiger partial charge in [0.05, 0.1) is 5.56 Å². The lowest BCUT2D eigenvalue weighted by Crippen LogP contribution is -2.40. The van der Waals surface area contributed by atoms with E-state index in [9.17, 15) is 4.79 Å². The molecule has 4 nitrogen and oxygen atoms in total. The van der Waals surface area contributed by atoms with Gasteiger partial charge in [-0.05, 0) is 43.5 Å². The Balaban J connectivity index is 1.88. The molecule has 2 aliphatic rings. The maximum atomic E-state index is 11.6. The third-order valence-electron chi connectivity index (χ3n) is 4.16. The summed E-state index contributed by atoms with van der Waals surface area (Å²) in [5.41, 5.74) is 7.07. The number of benzene rings is 1. The van der Waals surface area contributed by atoms with Crippen molar-refractivity contribution in [2.75, 3.05) is 24.5 Å². The van der Waals surface area contributed by atoms with Crippen molar-refractivity contribution in [2.24, 2.45) is 11.7 Å². The number of amides is 1. The number of hydrogen-bond donors (Lipinski definition) is 2. The van der Waals surface area contributed by atoms with Gasteiger partial charge in [0.15, 0.2) is 0 Å². The molecule has 19 heavy (non-hydrogen) atoms. The summed E-state index contributed by atoms with van der Waals surface area (Å²) in [7, 11) is 0. The van der Waals surface area contributed by atoms with Crippen LogP contribution in [0.15, 0.2) is 22.7 Å². The van der Waals surface area contributed by atoms with Crippen LogP contribution in [0.3, 0.4) is 0 Å². The summed E-state index contributed by atoms with van der Waals surface area (Å²) in [6.07, 6.45) is 2.52. The van der Waals surface area contributed by atoms with Gasteiger partial charge in [0.25, 0.3) is 5.91 Å². The van der Waals surface area contributed by atoms with Crippen LogP contribution in [0.5, 0.6) is 0 Å². The first-order chi connectivity index (χ1) is 9.15. The van der Waals surface area contributed by atoms with Gasteiger partial charge in [-0.25, -0.2) is 0 Å². The predicted octanol–water partition coefficient (Wildman–Crippen LogP) is 1.74. The molecule has 2 fully saturated rings. The Morgan fingerprint density at radius 1 is 1.42 bits per heavy atom. The third-order valence-corrected chi connectivity index (χ3v) is 4.66. The number of fused-ring (bicyclic) bond motifs is 1. The number of nitrogens with two attached hydrogens (primary N) is 1. The van der Waals surface area contributed by atoms with Crippen LogP contribution in [0.25, 0.3) is 0 Å². The molecule has 0 spiro atoms. The molecule has 0 radical (unpaired) electrons. The zero-order valence-electron chi connectivity index (χ0n) is 10.7. The Morgan fingerprint density at radius 3 is 3.00 bits per heavy atom. The predicted molar refractivity (Wildman–Crippen MR) is 79.4 cm³/mol. The molecule has 3 rings (SSSR count). The van der Waals surface area contributed by atoms with Crippen LogP contribution in [0.2, 0.25) is 0 Å². The Morgan fingerprint density at radius 2 is 2.26 bits per heavy atom. The minimum absolute atomic E-state index is 0.362. The molecule has 1 aromatic carbocycles. The molecular weight excluding hydrogens is 306 g/mol. The number of primary amides is 1. The van der Waals surface area contributed by atoms with E-state index < -0.39 is 0 Å². The Hall–Kier alpha value is -1.07. The van der Waals surface area contributed by atoms with Gasteiger partial charge < -0.3 is 16.0 Å². The molecule has 0 unspecified atom stereocenters. The second-order valence-corrected chi connectivity index (χ2v) is 6.31. The molecule has 0 aliphatic carbocycles. The van der Waals surface area contributed by atoms with Gasteiger partial charge in [0, 0.05) is 29.3 Å². The highest BCUT2D eigenvalue weighted by molar-refractivity contribution is 9.10. The number of rotatable bonds is 2. The second kappa shape index (κ2) is 5.13. The van der Waals surface area contributed by atoms with Crippen molar-refractivity contribution < 1.29 is 4.79 Å². The summed E-state index contributed by atoms with van der Waals surface area (Å²) >= 11 is 3.40. The zero-order chi connectivity index (χ0) is 13.4. The molecule has 0 aromatic heterocycles. The summed E-state index contributed by atoms with van der Waals surface area (Å²) < 4.78 is 0.889. The van der Waals surface area contributed by atoms with Crippen molar-refractivity contribution in [1.29, 1.82) is 0 Å². The van der Waals surface area contributed by atoms with Gasteiger partial charge in [-0.15, -0.1) is 0 Å². The Kier molecular flexibility index (Phi) is 3.50. The van der Waals surface area contributed by atoms with E-state index in [1.54, 1.807) is 0 Å². The highest BCUT2D eigenvalue weighted by Crippen LogP contribution is 2.32. The van der Waals surface area contributed by atoms with Crippen LogP contribution < -0.4 is 16.0 Å². The smallest absolute Gasteiger partial charge is 0.250 e. The van der Waals surface area contributed by atoms with Crippen molar-refractivity contribution >= 4 is 27.5 Å². The van der Waals surface area contributed by atoms with Crippen LogP contribution in [0.4, 0.5) is 5.69 Å². The van der Waals surface area contributed by atoms with Gasteiger partial charge in [-0.1, -0.05) is 15.9 Å². The Bertz CT molecular complexity index is 491. The number of hydrogen-bond acceptors (Lipinski definition) is 3. The number of piperidine rings is 1. The van der Waals surface area contributed by atoms with E-state index in [-0.39, 0.29) is 5.91 Å². The average molecular weight is 324 g/mol. The lowest BCUT2D eigenvalue weighted by Gasteiger charge is -2.24. The SMILES string of the molecule is NC(=O)c1cc(Br)ccc1N1C[C@@H]2CCCN[C@@H]2C1. The fourth-order valence-electron chi connectivity index (χ4n) is 3.22. The van der Waals surface area contributed by atoms with Crippen LogP contribution in [-0.4, -0.2) is 31.6 Å². The molecule has 0 bridgehead atoms. The summed E-state index contributed by atoms with van der Waals surface area (Å²) in [6, 6.07) is 6.32. The number of nitrogens with zero attached hydrogens (tertiary/aromatic N) is 1. The largest absolute Gasteiger partial charge is 0.369 e. The van der Waals surface area contributed by atoms with Crippen molar-refractivity contribution in [2.45, 2.75) is 18.9 Å². The first-order valence-corrected chi connectivity index (χ1v) is 7.52. The van der Waals surface area contributed by atoms with Gasteiger partial charge in [0.2, 0.25) is 0 Å². The van der Waals surface area contributed by atoms with E-state index in [1.807, 2.05) is 18.2 Å². The van der Waals surface area contributed by atoms with Gasteiger partial charge >= 0.3 is 0 Å². The van der Waals surface area contributed by atoms with Crippen LogP contribution >= 0.6 is 15.9 Å². The highest BCUT2D eigenvalue weighted by Gasteiger charge is 2.35. The fraction of sp³-hybridized carbons (Fsp3) is 0.500. The number of carbonyl (C=O) groups is 1. The van der Waals surface area contributed by atoms with Crippen LogP contribution in [0.1, 0.15) is 23.2 Å². The van der Waals surface area contributed by atoms with Crippen molar-refractivity contribution in [3.8, 4) is 0 Å². The lowest BCUT2D eigenvalue weighted by atomic mass is 9.94. The second-order valence-electron chi connectivity index (χ2n) is 5.39. The molecule has 0 saturated carbocycles. The van der Waals surface area contributed by atoms with Crippen molar-refractivity contribution in [1.82, 2.24) is 5.32 Å². The topological polar surface area (TPSA) is 58.4 Å². The molecule has 5 heteroatoms. The van der Waals surface area contributed by atoms with E-state index in [1.165, 1.54) is 12.8 Å². The van der Waals surface area contributed by atoms with Gasteiger partial charge in [-0.2, -0.15) is 0 Å². The molecule has 102 valence electrons. The van der Waals surface area contributed by atoms with E-state index in [2.05, 4.69) is 26.1 Å². The number of carbonyl (C=O) groups excluding carboxylic acids is 1. The molecule has 1 aromatic rings. The number of anilines is 1. The van der Waals surface area contributed by atoms with Crippen LogP contribution in [0, 0.1) is 5.92 Å². The van der Waals surface area contributed by atoms with Crippen molar-refractivity contribution in [3.05, 3.63) is 28.2 Å². The molecule has 2 aliphatic heterocycles. The number of nitrogens with one attached hydrogen (secondary N) is 1. The van der Waals surface area contributed by atoms with E-state index >= 15 is 0 Å². The first-order valence-electron chi connectivity index (χ1n) is 6.73. The Labute approximate surface area is 121 Å². The average Bonchev–Trinajstić information content (AvgIpc) is 2.82. The quantitative estimate of drug-likeness (QED) is 0.871. The highest BCUT2D eigenvalue weighted by atomic mass is 79.9. The van der Waals surface area contributed by atoms with Gasteiger partial charge in [0.1, 0.15) is 0 Å². The fourth-order valence-corrected chi connectivity index (χ4v) is 3.59. The summed E-state index contributed by atoms with van der Waals surface area (Å²) in [5.74, 6) is 0.331. The maximum Gasteiger partial charge on any atom is 0.250 e. The molecule has 3 N–H and O–H groups in total. The molecule has 2 heterocycles. The molecular formula is C14H18BrN3O. The summed E-state index contributed by atoms with van der Waals surface area (Å²) in [5, 5.41) is 3.57. The molecule has 2 atom stereocenters. The minimum atomic E-state index is -0.362. The first kappa shape index (κ1) is 12.9. The minimum Gasteiger partial charge on any atom is -0.369 e. The van der Waals surface area contributed by atoms with E-state index in [0.29, 0.717) is 17.5 Å². The molecule has 1 amide bonds. The van der Waals surface area contributed by atoms with Crippen molar-refractivity contribution in [3.63, 3.8) is 0 Å². The standard InChI is InChI=1S/C14H18BrN3O/c15-10-3-4-13(11(6-10)14(16)19)18-7-9-2-1-5-17-12(9)8-18/h3-4,6,9,12,17H,1-2,5,7-8H2,(H2,16,19)/t9-,12+/m0/s1. The summed E-state index contributed by atoms with van der Waals surface area (Å²) in [4.78, 5) is 13.9. The van der Waals surface area contributed by atoms with E-state index in [0.717, 1.165) is 29.8 Å². The van der Waals surface area contributed by atoms with Gasteiger partial charge in [-0.3, -0.25) is 4.79 Å². The lowest BCUT2D eigenvalue weighted by molar-refractivity contribution is 0.100. The monoisotopic (exact) mass is 323 g/mol. The normalized spacial score (nSPS) is 26.3. The summed E-state index contributed by atoms with van der Waals surface area (Å²) in [6.45, 7) is 3.09. The third kappa shape index (κ3) is 2.49.